The first-order chi connectivity index (χ1) is 13.5. The average Bonchev–Trinajstić information content (AvgIpc) is 3.12. The molecule has 0 aliphatic heterocycles. The van der Waals surface area contributed by atoms with Gasteiger partial charge in [-0.25, -0.2) is 4.79 Å². The normalized spacial score (nSPS) is 10.8. The molecule has 0 radical (unpaired) electrons. The summed E-state index contributed by atoms with van der Waals surface area (Å²) in [5.41, 5.74) is 3.67. The number of benzene rings is 3. The number of aryl methyl sites for hydroxylation is 1. The number of hydrogen-bond donors (Lipinski definition) is 1. The predicted octanol–water partition coefficient (Wildman–Crippen LogP) is 5.42. The number of ether oxygens (including phenoxy) is 2. The summed E-state index contributed by atoms with van der Waals surface area (Å²) in [4.78, 5) is 12.6. The smallest absolute Gasteiger partial charge is 0.364 e. The summed E-state index contributed by atoms with van der Waals surface area (Å²) in [7, 11) is 1.62. The maximum absolute atomic E-state index is 12.6. The van der Waals surface area contributed by atoms with Gasteiger partial charge in [0, 0.05) is 10.9 Å². The van der Waals surface area contributed by atoms with Gasteiger partial charge in [0.15, 0.2) is 5.69 Å². The Hall–Kier alpha value is -3.31. The van der Waals surface area contributed by atoms with Crippen LogP contribution >= 0.6 is 11.6 Å². The zero-order valence-electron chi connectivity index (χ0n) is 15.3. The second kappa shape index (κ2) is 7.37. The first-order valence-electron chi connectivity index (χ1n) is 8.66. The maximum Gasteiger partial charge on any atom is 0.364 e. The van der Waals surface area contributed by atoms with Crippen LogP contribution in [0.2, 0.25) is 5.02 Å². The van der Waals surface area contributed by atoms with E-state index < -0.39 is 5.97 Å². The Kier molecular flexibility index (Phi) is 4.75. The number of halogens is 1. The lowest BCUT2D eigenvalue weighted by atomic mass is 10.0. The van der Waals surface area contributed by atoms with Crippen molar-refractivity contribution in [1.82, 2.24) is 10.2 Å². The zero-order chi connectivity index (χ0) is 19.7. The van der Waals surface area contributed by atoms with Crippen LogP contribution in [-0.2, 0) is 0 Å². The van der Waals surface area contributed by atoms with E-state index in [2.05, 4.69) is 10.2 Å². The molecule has 0 saturated carbocycles. The van der Waals surface area contributed by atoms with Crippen molar-refractivity contribution in [3.63, 3.8) is 0 Å². The molecule has 6 heteroatoms. The fraction of sp³-hybridized carbons (Fsp3) is 0.0909. The second-order valence-electron chi connectivity index (χ2n) is 6.38. The van der Waals surface area contributed by atoms with Crippen LogP contribution in [-0.4, -0.2) is 23.3 Å². The fourth-order valence-electron chi connectivity index (χ4n) is 2.95. The van der Waals surface area contributed by atoms with E-state index in [0.29, 0.717) is 21.7 Å². The van der Waals surface area contributed by atoms with E-state index in [1.54, 1.807) is 25.3 Å². The van der Waals surface area contributed by atoms with E-state index in [1.165, 1.54) is 0 Å². The van der Waals surface area contributed by atoms with Crippen LogP contribution < -0.4 is 9.47 Å². The number of hydrogen-bond acceptors (Lipinski definition) is 4. The summed E-state index contributed by atoms with van der Waals surface area (Å²) >= 11 is 6.45. The molecule has 0 aliphatic carbocycles. The number of aromatic amines is 1. The minimum absolute atomic E-state index is 0.210. The van der Waals surface area contributed by atoms with E-state index in [9.17, 15) is 4.79 Å². The lowest BCUT2D eigenvalue weighted by molar-refractivity contribution is 0.0730. The molecule has 0 saturated heterocycles. The van der Waals surface area contributed by atoms with Crippen molar-refractivity contribution in [3.05, 3.63) is 76.9 Å². The highest BCUT2D eigenvalue weighted by Crippen LogP contribution is 2.33. The van der Waals surface area contributed by atoms with Gasteiger partial charge in [-0.1, -0.05) is 41.4 Å². The number of esters is 1. The molecular formula is C22H17ClN2O3. The van der Waals surface area contributed by atoms with Gasteiger partial charge >= 0.3 is 5.97 Å². The molecule has 140 valence electrons. The number of carbonyl (C=O) groups is 1. The average molecular weight is 393 g/mol. The van der Waals surface area contributed by atoms with Crippen LogP contribution in [0.25, 0.3) is 22.0 Å². The van der Waals surface area contributed by atoms with Crippen molar-refractivity contribution in [2.45, 2.75) is 6.92 Å². The van der Waals surface area contributed by atoms with Crippen molar-refractivity contribution < 1.29 is 14.3 Å². The number of rotatable bonds is 4. The SMILES string of the molecule is COc1ccc(-c2cc3c(C(=O)Oc4ccc(C)cc4)n[nH]c3cc2Cl)cc1. The van der Waals surface area contributed by atoms with E-state index >= 15 is 0 Å². The molecule has 5 nitrogen and oxygen atoms in total. The van der Waals surface area contributed by atoms with Crippen LogP contribution in [0.5, 0.6) is 11.5 Å². The van der Waals surface area contributed by atoms with Crippen molar-refractivity contribution in [2.24, 2.45) is 0 Å². The topological polar surface area (TPSA) is 64.2 Å². The summed E-state index contributed by atoms with van der Waals surface area (Å²) in [6.07, 6.45) is 0. The van der Waals surface area contributed by atoms with Gasteiger partial charge < -0.3 is 9.47 Å². The van der Waals surface area contributed by atoms with Gasteiger partial charge in [-0.2, -0.15) is 5.10 Å². The van der Waals surface area contributed by atoms with E-state index in [0.717, 1.165) is 22.4 Å². The third kappa shape index (κ3) is 3.44. The number of fused-ring (bicyclic) bond motifs is 1. The third-order valence-corrected chi connectivity index (χ3v) is 4.79. The monoisotopic (exact) mass is 392 g/mol. The van der Waals surface area contributed by atoms with Crippen molar-refractivity contribution in [1.29, 1.82) is 0 Å². The molecule has 28 heavy (non-hydrogen) atoms. The summed E-state index contributed by atoms with van der Waals surface area (Å²) in [6.45, 7) is 1.97. The fourth-order valence-corrected chi connectivity index (χ4v) is 3.22. The third-order valence-electron chi connectivity index (χ3n) is 4.48. The van der Waals surface area contributed by atoms with Gasteiger partial charge in [0.2, 0.25) is 0 Å². The molecule has 0 spiro atoms. The molecule has 1 heterocycles. The number of methoxy groups -OCH3 is 1. The molecule has 0 amide bonds. The minimum Gasteiger partial charge on any atom is -0.497 e. The first-order valence-corrected chi connectivity index (χ1v) is 9.04. The Morgan fingerprint density at radius 2 is 1.68 bits per heavy atom. The summed E-state index contributed by atoms with van der Waals surface area (Å²) in [6, 6.07) is 18.4. The molecule has 0 atom stereocenters. The predicted molar refractivity (Wildman–Crippen MR) is 109 cm³/mol. The van der Waals surface area contributed by atoms with Gasteiger partial charge in [-0.3, -0.25) is 5.10 Å². The molecule has 0 aliphatic rings. The lowest BCUT2D eigenvalue weighted by Crippen LogP contribution is -2.09. The number of nitrogens with zero attached hydrogens (tertiary/aromatic N) is 1. The van der Waals surface area contributed by atoms with Gasteiger partial charge in [-0.15, -0.1) is 0 Å². The summed E-state index contributed by atoms with van der Waals surface area (Å²) < 4.78 is 10.7. The highest BCUT2D eigenvalue weighted by atomic mass is 35.5. The van der Waals surface area contributed by atoms with Crippen molar-refractivity contribution >= 4 is 28.5 Å². The van der Waals surface area contributed by atoms with Gasteiger partial charge in [0.25, 0.3) is 0 Å². The highest BCUT2D eigenvalue weighted by Gasteiger charge is 2.19. The molecule has 0 unspecified atom stereocenters. The van der Waals surface area contributed by atoms with Crippen LogP contribution in [0.15, 0.2) is 60.7 Å². The van der Waals surface area contributed by atoms with Gasteiger partial charge in [0.1, 0.15) is 11.5 Å². The quantitative estimate of drug-likeness (QED) is 0.372. The number of carbonyl (C=O) groups excluding carboxylic acids is 1. The Labute approximate surface area is 166 Å². The van der Waals surface area contributed by atoms with E-state index in [1.807, 2.05) is 49.4 Å². The van der Waals surface area contributed by atoms with E-state index in [4.69, 9.17) is 21.1 Å². The molecule has 4 aromatic rings. The molecule has 0 fully saturated rings. The largest absolute Gasteiger partial charge is 0.497 e. The Morgan fingerprint density at radius 3 is 2.36 bits per heavy atom. The first kappa shape index (κ1) is 18.1. The Bertz CT molecular complexity index is 1150. The number of H-pyrrole nitrogens is 1. The second-order valence-corrected chi connectivity index (χ2v) is 6.79. The molecule has 1 N–H and O–H groups in total. The summed E-state index contributed by atoms with van der Waals surface area (Å²) in [5, 5.41) is 8.18. The van der Waals surface area contributed by atoms with Crippen LogP contribution in [0.3, 0.4) is 0 Å². The Balaban J connectivity index is 1.71. The summed E-state index contributed by atoms with van der Waals surface area (Å²) in [5.74, 6) is 0.695. The van der Waals surface area contributed by atoms with E-state index in [-0.39, 0.29) is 5.69 Å². The van der Waals surface area contributed by atoms with Crippen LogP contribution in [0.1, 0.15) is 16.1 Å². The molecule has 4 rings (SSSR count). The van der Waals surface area contributed by atoms with Crippen molar-refractivity contribution in [2.75, 3.05) is 7.11 Å². The molecule has 3 aromatic carbocycles. The Morgan fingerprint density at radius 1 is 1.00 bits per heavy atom. The van der Waals surface area contributed by atoms with Crippen molar-refractivity contribution in [3.8, 4) is 22.6 Å². The van der Waals surface area contributed by atoms with Gasteiger partial charge in [-0.05, 0) is 48.9 Å². The standard InChI is InChI=1S/C22H17ClN2O3/c1-13-3-7-16(8-4-13)28-22(26)21-18-11-17(19(23)12-20(18)24-25-21)14-5-9-15(27-2)10-6-14/h3-12H,1-2H3,(H,24,25). The molecule has 0 bridgehead atoms. The number of aromatic nitrogens is 2. The maximum atomic E-state index is 12.6. The molecule has 1 aromatic heterocycles. The zero-order valence-corrected chi connectivity index (χ0v) is 16.1. The lowest BCUT2D eigenvalue weighted by Gasteiger charge is -2.07. The minimum atomic E-state index is -0.530. The van der Waals surface area contributed by atoms with Crippen LogP contribution in [0.4, 0.5) is 0 Å². The highest BCUT2D eigenvalue weighted by molar-refractivity contribution is 6.34. The van der Waals surface area contributed by atoms with Crippen LogP contribution in [0, 0.1) is 6.92 Å². The molecular weight excluding hydrogens is 376 g/mol. The van der Waals surface area contributed by atoms with Gasteiger partial charge in [0.05, 0.1) is 17.6 Å². The number of nitrogens with one attached hydrogen (secondary N) is 1.